The van der Waals surface area contributed by atoms with Crippen LogP contribution in [-0.4, -0.2) is 6.61 Å². The summed E-state index contributed by atoms with van der Waals surface area (Å²) in [6.45, 7) is 1.35. The molecule has 1 aliphatic rings. The zero-order valence-corrected chi connectivity index (χ0v) is 14.0. The van der Waals surface area contributed by atoms with Crippen molar-refractivity contribution in [2.45, 2.75) is 18.4 Å². The second-order valence-corrected chi connectivity index (χ2v) is 6.68. The van der Waals surface area contributed by atoms with Gasteiger partial charge in [0.05, 0.1) is 13.2 Å². The molecule has 3 aromatic carbocycles. The van der Waals surface area contributed by atoms with Crippen molar-refractivity contribution >= 4 is 0 Å². The first-order valence-electron chi connectivity index (χ1n) is 8.75. The lowest BCUT2D eigenvalue weighted by Gasteiger charge is -2.04. The van der Waals surface area contributed by atoms with Gasteiger partial charge >= 0.3 is 0 Å². The fraction of sp³-hybridized carbons (Fsp3) is 0.217. The van der Waals surface area contributed by atoms with E-state index in [0.29, 0.717) is 24.4 Å². The molecule has 0 amide bonds. The zero-order valence-electron chi connectivity index (χ0n) is 14.0. The molecule has 0 spiro atoms. The van der Waals surface area contributed by atoms with Gasteiger partial charge in [-0.1, -0.05) is 72.8 Å². The Kier molecular flexibility index (Phi) is 4.62. The number of hydrogen-bond acceptors (Lipinski definition) is 1. The molecule has 3 aromatic rings. The lowest BCUT2D eigenvalue weighted by molar-refractivity contribution is 0.109. The summed E-state index contributed by atoms with van der Waals surface area (Å²) in [6.07, 6.45) is 0. The van der Waals surface area contributed by atoms with Crippen LogP contribution in [-0.2, 0) is 11.3 Å². The molecule has 1 fully saturated rings. The summed E-state index contributed by atoms with van der Waals surface area (Å²) >= 11 is 0. The lowest BCUT2D eigenvalue weighted by Crippen LogP contribution is -1.99. The van der Waals surface area contributed by atoms with Crippen LogP contribution in [0.2, 0.25) is 0 Å². The van der Waals surface area contributed by atoms with Crippen LogP contribution in [0.4, 0.5) is 4.39 Å². The summed E-state index contributed by atoms with van der Waals surface area (Å²) in [4.78, 5) is 0. The van der Waals surface area contributed by atoms with E-state index in [2.05, 4.69) is 36.4 Å². The van der Waals surface area contributed by atoms with Gasteiger partial charge in [0.2, 0.25) is 0 Å². The van der Waals surface area contributed by atoms with E-state index in [9.17, 15) is 4.39 Å². The Labute approximate surface area is 148 Å². The van der Waals surface area contributed by atoms with Crippen molar-refractivity contribution in [1.82, 2.24) is 0 Å². The summed E-state index contributed by atoms with van der Waals surface area (Å²) in [7, 11) is 0. The van der Waals surface area contributed by atoms with Crippen molar-refractivity contribution in [3.8, 4) is 0 Å². The number of halogens is 1. The van der Waals surface area contributed by atoms with Crippen LogP contribution in [0, 0.1) is 11.7 Å². The average molecular weight is 332 g/mol. The van der Waals surface area contributed by atoms with Crippen LogP contribution in [0.5, 0.6) is 0 Å². The maximum atomic E-state index is 13.3. The van der Waals surface area contributed by atoms with Gasteiger partial charge in [-0.25, -0.2) is 4.39 Å². The summed E-state index contributed by atoms with van der Waals surface area (Å²) < 4.78 is 19.3. The Morgan fingerprint density at radius 2 is 1.24 bits per heavy atom. The Balaban J connectivity index is 1.47. The summed E-state index contributed by atoms with van der Waals surface area (Å²) in [5.74, 6) is 1.11. The maximum absolute atomic E-state index is 13.3. The second-order valence-electron chi connectivity index (χ2n) is 6.68. The van der Waals surface area contributed by atoms with Crippen molar-refractivity contribution in [2.75, 3.05) is 6.61 Å². The Bertz CT molecular complexity index is 799. The molecule has 3 atom stereocenters. The fourth-order valence-electron chi connectivity index (χ4n) is 3.74. The third-order valence-corrected chi connectivity index (χ3v) is 5.03. The van der Waals surface area contributed by atoms with Crippen molar-refractivity contribution < 1.29 is 9.13 Å². The van der Waals surface area contributed by atoms with Crippen molar-refractivity contribution in [2.24, 2.45) is 5.92 Å². The molecule has 0 aromatic heterocycles. The highest BCUT2D eigenvalue weighted by molar-refractivity contribution is 5.39. The Morgan fingerprint density at radius 3 is 1.88 bits per heavy atom. The predicted molar refractivity (Wildman–Crippen MR) is 97.9 cm³/mol. The molecule has 0 N–H and O–H groups in total. The smallest absolute Gasteiger partial charge is 0.123 e. The molecule has 0 saturated heterocycles. The van der Waals surface area contributed by atoms with E-state index in [1.165, 1.54) is 16.7 Å². The minimum Gasteiger partial charge on any atom is -0.376 e. The topological polar surface area (TPSA) is 9.23 Å². The summed E-state index contributed by atoms with van der Waals surface area (Å²) in [6, 6.07) is 27.7. The van der Waals surface area contributed by atoms with E-state index in [-0.39, 0.29) is 5.82 Å². The molecule has 1 aliphatic carbocycles. The van der Waals surface area contributed by atoms with Crippen molar-refractivity contribution in [3.05, 3.63) is 107 Å². The minimum atomic E-state index is -0.183. The van der Waals surface area contributed by atoms with Crippen LogP contribution in [0.15, 0.2) is 84.9 Å². The molecule has 0 heterocycles. The first kappa shape index (κ1) is 16.0. The number of rotatable bonds is 6. The molecule has 1 nitrogen and oxygen atoms in total. The molecule has 0 bridgehead atoms. The molecule has 4 rings (SSSR count). The minimum absolute atomic E-state index is 0.183. The van der Waals surface area contributed by atoms with Gasteiger partial charge < -0.3 is 4.74 Å². The van der Waals surface area contributed by atoms with Gasteiger partial charge in [-0.15, -0.1) is 0 Å². The molecule has 126 valence electrons. The number of hydrogen-bond donors (Lipinski definition) is 0. The molecular formula is C23H21FO. The van der Waals surface area contributed by atoms with Crippen molar-refractivity contribution in [1.29, 1.82) is 0 Å². The Hall–Kier alpha value is -2.45. The zero-order chi connectivity index (χ0) is 17.1. The van der Waals surface area contributed by atoms with Gasteiger partial charge in [0.25, 0.3) is 0 Å². The molecule has 2 heteroatoms. The maximum Gasteiger partial charge on any atom is 0.123 e. The predicted octanol–water partition coefficient (Wildman–Crippen LogP) is 5.54. The van der Waals surface area contributed by atoms with Crippen LogP contribution < -0.4 is 0 Å². The number of benzene rings is 3. The van der Waals surface area contributed by atoms with Gasteiger partial charge in [0, 0.05) is 0 Å². The standard InChI is InChI=1S/C23H21FO/c24-20-13-11-19(12-14-20)23-21(22(23)18-9-5-2-6-10-18)16-25-15-17-7-3-1-4-8-17/h1-14,21-23H,15-16H2/t21-,22-,23+/m1/s1. The highest BCUT2D eigenvalue weighted by atomic mass is 19.1. The highest BCUT2D eigenvalue weighted by Gasteiger charge is 2.51. The fourth-order valence-corrected chi connectivity index (χ4v) is 3.74. The third kappa shape index (κ3) is 3.64. The molecule has 0 unspecified atom stereocenters. The van der Waals surface area contributed by atoms with Crippen LogP contribution in [0.1, 0.15) is 28.5 Å². The molecular weight excluding hydrogens is 311 g/mol. The van der Waals surface area contributed by atoms with Crippen LogP contribution in [0.3, 0.4) is 0 Å². The van der Waals surface area contributed by atoms with Gasteiger partial charge in [0.1, 0.15) is 5.82 Å². The SMILES string of the molecule is Fc1ccc([C@H]2[C@H](COCc3ccccc3)[C@H]2c2ccccc2)cc1. The quantitative estimate of drug-likeness (QED) is 0.576. The first-order valence-corrected chi connectivity index (χ1v) is 8.75. The van der Waals surface area contributed by atoms with Gasteiger partial charge in [-0.2, -0.15) is 0 Å². The largest absolute Gasteiger partial charge is 0.376 e. The monoisotopic (exact) mass is 332 g/mol. The van der Waals surface area contributed by atoms with E-state index < -0.39 is 0 Å². The first-order chi connectivity index (χ1) is 12.3. The number of ether oxygens (including phenoxy) is 1. The molecule has 25 heavy (non-hydrogen) atoms. The van der Waals surface area contributed by atoms with Gasteiger partial charge in [-0.05, 0) is 46.6 Å². The molecule has 0 aliphatic heterocycles. The van der Waals surface area contributed by atoms with E-state index in [0.717, 1.165) is 6.61 Å². The van der Waals surface area contributed by atoms with Crippen LogP contribution in [0.25, 0.3) is 0 Å². The molecule has 1 saturated carbocycles. The van der Waals surface area contributed by atoms with Crippen LogP contribution >= 0.6 is 0 Å². The Morgan fingerprint density at radius 1 is 0.680 bits per heavy atom. The van der Waals surface area contributed by atoms with Crippen molar-refractivity contribution in [3.63, 3.8) is 0 Å². The van der Waals surface area contributed by atoms with E-state index in [1.54, 1.807) is 12.1 Å². The summed E-state index contributed by atoms with van der Waals surface area (Å²) in [5.41, 5.74) is 3.73. The lowest BCUT2D eigenvalue weighted by atomic mass is 10.0. The van der Waals surface area contributed by atoms with E-state index in [4.69, 9.17) is 4.74 Å². The van der Waals surface area contributed by atoms with Gasteiger partial charge in [-0.3, -0.25) is 0 Å². The molecule has 0 radical (unpaired) electrons. The second kappa shape index (κ2) is 7.20. The van der Waals surface area contributed by atoms with Gasteiger partial charge in [0.15, 0.2) is 0 Å². The average Bonchev–Trinajstić information content (AvgIpc) is 3.38. The normalized spacial score (nSPS) is 21.9. The summed E-state index contributed by atoms with van der Waals surface area (Å²) in [5, 5.41) is 0. The van der Waals surface area contributed by atoms with E-state index in [1.807, 2.05) is 36.4 Å². The third-order valence-electron chi connectivity index (χ3n) is 5.03. The van der Waals surface area contributed by atoms with E-state index >= 15 is 0 Å². The highest BCUT2D eigenvalue weighted by Crippen LogP contribution is 2.60.